The molecule has 0 amide bonds. The minimum atomic E-state index is -3.08. The van der Waals surface area contributed by atoms with Crippen molar-refractivity contribution in [1.29, 1.82) is 0 Å². The molecule has 1 aliphatic rings. The van der Waals surface area contributed by atoms with Crippen molar-refractivity contribution in [3.63, 3.8) is 0 Å². The Balaban J connectivity index is 2.56. The highest BCUT2D eigenvalue weighted by Crippen LogP contribution is 2.13. The molecular weight excluding hydrogens is 210 g/mol. The number of rotatable bonds is 3. The summed E-state index contributed by atoms with van der Waals surface area (Å²) >= 11 is 5.28. The van der Waals surface area contributed by atoms with Crippen molar-refractivity contribution in [3.8, 4) is 0 Å². The molecule has 0 spiro atoms. The molecule has 0 unspecified atom stereocenters. The van der Waals surface area contributed by atoms with Gasteiger partial charge in [0.25, 0.3) is 0 Å². The van der Waals surface area contributed by atoms with Crippen molar-refractivity contribution in [2.45, 2.75) is 19.3 Å². The molecule has 0 radical (unpaired) electrons. The van der Waals surface area contributed by atoms with Crippen molar-refractivity contribution < 1.29 is 8.42 Å². The van der Waals surface area contributed by atoms with Gasteiger partial charge in [0.2, 0.25) is 10.0 Å². The van der Waals surface area contributed by atoms with Crippen molar-refractivity contribution in [3.05, 3.63) is 11.6 Å². The third-order valence-electron chi connectivity index (χ3n) is 2.10. The predicted molar refractivity (Wildman–Crippen MR) is 54.2 cm³/mol. The third-order valence-corrected chi connectivity index (χ3v) is 4.05. The van der Waals surface area contributed by atoms with E-state index < -0.39 is 10.0 Å². The Hall–Kier alpha value is -0.0600. The number of hydrogen-bond donors (Lipinski definition) is 0. The molecule has 0 aromatic heterocycles. The highest BCUT2D eigenvalue weighted by molar-refractivity contribution is 7.89. The van der Waals surface area contributed by atoms with Crippen LogP contribution in [0, 0.1) is 0 Å². The molecule has 0 saturated carbocycles. The summed E-state index contributed by atoms with van der Waals surface area (Å²) in [6, 6.07) is 0. The van der Waals surface area contributed by atoms with Gasteiger partial charge in [-0.2, -0.15) is 0 Å². The molecule has 0 atom stereocenters. The van der Waals surface area contributed by atoms with Crippen molar-refractivity contribution in [1.82, 2.24) is 4.31 Å². The van der Waals surface area contributed by atoms with Gasteiger partial charge in [-0.3, -0.25) is 0 Å². The summed E-state index contributed by atoms with van der Waals surface area (Å²) < 4.78 is 24.7. The third kappa shape index (κ3) is 3.29. The Morgan fingerprint density at radius 2 is 1.85 bits per heavy atom. The average Bonchev–Trinajstić information content (AvgIpc) is 2.16. The first-order valence-corrected chi connectivity index (χ1v) is 6.44. The van der Waals surface area contributed by atoms with Gasteiger partial charge in [0.1, 0.15) is 0 Å². The first-order valence-electron chi connectivity index (χ1n) is 4.40. The van der Waals surface area contributed by atoms with E-state index in [1.165, 1.54) is 11.6 Å². The minimum absolute atomic E-state index is 0.0243. The number of piperidine rings is 1. The van der Waals surface area contributed by atoms with E-state index in [1.807, 2.05) is 0 Å². The Morgan fingerprint density at radius 1 is 1.23 bits per heavy atom. The lowest BCUT2D eigenvalue weighted by Crippen LogP contribution is -2.36. The highest BCUT2D eigenvalue weighted by Gasteiger charge is 2.21. The van der Waals surface area contributed by atoms with Crippen LogP contribution >= 0.6 is 11.6 Å². The van der Waals surface area contributed by atoms with Crippen LogP contribution in [0.25, 0.3) is 0 Å². The van der Waals surface area contributed by atoms with Crippen LogP contribution in [0.3, 0.4) is 0 Å². The molecule has 0 N–H and O–H groups in total. The van der Waals surface area contributed by atoms with Gasteiger partial charge < -0.3 is 0 Å². The van der Waals surface area contributed by atoms with Gasteiger partial charge >= 0.3 is 0 Å². The van der Waals surface area contributed by atoms with E-state index in [-0.39, 0.29) is 5.75 Å². The Kier molecular flexibility index (Phi) is 4.22. The van der Waals surface area contributed by atoms with E-state index in [0.29, 0.717) is 13.1 Å². The first-order chi connectivity index (χ1) is 6.17. The van der Waals surface area contributed by atoms with Gasteiger partial charge in [-0.1, -0.05) is 24.1 Å². The molecule has 0 aliphatic carbocycles. The summed E-state index contributed by atoms with van der Waals surface area (Å²) in [5.74, 6) is 0.0243. The molecule has 1 aliphatic heterocycles. The van der Waals surface area contributed by atoms with E-state index in [9.17, 15) is 8.42 Å². The van der Waals surface area contributed by atoms with Crippen LogP contribution < -0.4 is 0 Å². The fourth-order valence-corrected chi connectivity index (χ4v) is 2.97. The Bertz CT molecular complexity index is 268. The topological polar surface area (TPSA) is 37.4 Å². The number of halogens is 1. The lowest BCUT2D eigenvalue weighted by atomic mass is 10.2. The molecule has 0 aromatic rings. The molecule has 1 fully saturated rings. The van der Waals surface area contributed by atoms with Crippen LogP contribution in [0.5, 0.6) is 0 Å². The molecule has 76 valence electrons. The molecule has 13 heavy (non-hydrogen) atoms. The zero-order valence-corrected chi connectivity index (χ0v) is 9.02. The van der Waals surface area contributed by atoms with Crippen LogP contribution in [0.4, 0.5) is 0 Å². The zero-order valence-electron chi connectivity index (χ0n) is 7.45. The maximum atomic E-state index is 11.6. The molecule has 1 rings (SSSR count). The highest BCUT2D eigenvalue weighted by atomic mass is 35.5. The summed E-state index contributed by atoms with van der Waals surface area (Å²) in [5, 5.41) is 0. The Labute approximate surface area is 84.4 Å². The van der Waals surface area contributed by atoms with Gasteiger partial charge in [-0.25, -0.2) is 12.7 Å². The van der Waals surface area contributed by atoms with Crippen molar-refractivity contribution >= 4 is 21.6 Å². The molecule has 5 heteroatoms. The lowest BCUT2D eigenvalue weighted by molar-refractivity contribution is 0.348. The normalized spacial score (nSPS) is 21.0. The van der Waals surface area contributed by atoms with Gasteiger partial charge in [0.15, 0.2) is 0 Å². The standard InChI is InChI=1S/C8H14ClNO2S/c9-5-4-8-13(11,12)10-6-2-1-3-7-10/h4-5H,1-3,6-8H2/b5-4+. The van der Waals surface area contributed by atoms with E-state index in [1.54, 1.807) is 4.31 Å². The van der Waals surface area contributed by atoms with Gasteiger partial charge in [0.05, 0.1) is 5.75 Å². The zero-order chi connectivity index (χ0) is 9.73. The fraction of sp³-hybridized carbons (Fsp3) is 0.750. The maximum Gasteiger partial charge on any atom is 0.217 e. The molecular formula is C8H14ClNO2S. The second-order valence-corrected chi connectivity index (χ2v) is 5.37. The molecule has 0 aromatic carbocycles. The number of nitrogens with zero attached hydrogens (tertiary/aromatic N) is 1. The summed E-state index contributed by atoms with van der Waals surface area (Å²) in [6.45, 7) is 1.33. The largest absolute Gasteiger partial charge is 0.217 e. The van der Waals surface area contributed by atoms with Crippen LogP contribution in [0.15, 0.2) is 11.6 Å². The molecule has 1 heterocycles. The number of hydrogen-bond acceptors (Lipinski definition) is 2. The van der Waals surface area contributed by atoms with E-state index in [2.05, 4.69) is 0 Å². The smallest absolute Gasteiger partial charge is 0.212 e. The minimum Gasteiger partial charge on any atom is -0.212 e. The monoisotopic (exact) mass is 223 g/mol. The van der Waals surface area contributed by atoms with Crippen LogP contribution in [-0.2, 0) is 10.0 Å². The van der Waals surface area contributed by atoms with Crippen LogP contribution in [0.2, 0.25) is 0 Å². The summed E-state index contributed by atoms with van der Waals surface area (Å²) in [4.78, 5) is 0. The Morgan fingerprint density at radius 3 is 2.38 bits per heavy atom. The van der Waals surface area contributed by atoms with Crippen molar-refractivity contribution in [2.75, 3.05) is 18.8 Å². The lowest BCUT2D eigenvalue weighted by Gasteiger charge is -2.25. The van der Waals surface area contributed by atoms with Gasteiger partial charge in [-0.05, 0) is 12.8 Å². The van der Waals surface area contributed by atoms with Crippen LogP contribution in [0.1, 0.15) is 19.3 Å². The molecule has 3 nitrogen and oxygen atoms in total. The summed E-state index contributed by atoms with van der Waals surface area (Å²) in [7, 11) is -3.08. The SMILES string of the molecule is O=S(=O)(C/C=C/Cl)N1CCCCC1. The fourth-order valence-electron chi connectivity index (χ4n) is 1.41. The van der Waals surface area contributed by atoms with E-state index in [0.717, 1.165) is 19.3 Å². The maximum absolute atomic E-state index is 11.6. The first kappa shape index (κ1) is 11.0. The molecule has 1 saturated heterocycles. The summed E-state index contributed by atoms with van der Waals surface area (Å²) in [5.41, 5.74) is 1.25. The number of sulfonamides is 1. The summed E-state index contributed by atoms with van der Waals surface area (Å²) in [6.07, 6.45) is 4.55. The van der Waals surface area contributed by atoms with Gasteiger partial charge in [0, 0.05) is 18.6 Å². The van der Waals surface area contributed by atoms with Crippen LogP contribution in [-0.4, -0.2) is 31.6 Å². The predicted octanol–water partition coefficient (Wildman–Crippen LogP) is 1.55. The van der Waals surface area contributed by atoms with Crippen molar-refractivity contribution in [2.24, 2.45) is 0 Å². The van der Waals surface area contributed by atoms with E-state index >= 15 is 0 Å². The quantitative estimate of drug-likeness (QED) is 0.728. The second kappa shape index (κ2) is 4.98. The van der Waals surface area contributed by atoms with E-state index in [4.69, 9.17) is 11.6 Å². The average molecular weight is 224 g/mol. The molecule has 0 bridgehead atoms. The second-order valence-electron chi connectivity index (χ2n) is 3.10. The van der Waals surface area contributed by atoms with Gasteiger partial charge in [-0.15, -0.1) is 0 Å².